The van der Waals surface area contributed by atoms with Crippen LogP contribution in [0.25, 0.3) is 10.2 Å². The molecule has 1 N–H and O–H groups in total. The Labute approximate surface area is 130 Å². The number of nitrogens with one attached hydrogen (secondary N) is 1. The number of hydrogen-bond acceptors (Lipinski definition) is 3. The minimum Gasteiger partial charge on any atom is -0.310 e. The molecule has 21 heavy (non-hydrogen) atoms. The van der Waals surface area contributed by atoms with E-state index in [-0.39, 0.29) is 5.56 Å². The van der Waals surface area contributed by atoms with Crippen LogP contribution in [0.5, 0.6) is 0 Å². The van der Waals surface area contributed by atoms with Gasteiger partial charge in [0.15, 0.2) is 0 Å². The number of aryl methyl sites for hydroxylation is 2. The van der Waals surface area contributed by atoms with Gasteiger partial charge >= 0.3 is 0 Å². The van der Waals surface area contributed by atoms with Crippen molar-refractivity contribution in [3.8, 4) is 0 Å². The van der Waals surface area contributed by atoms with Crippen LogP contribution in [-0.2, 0) is 19.3 Å². The molecule has 1 aromatic carbocycles. The normalized spacial score (nSPS) is 13.8. The Morgan fingerprint density at radius 3 is 2.86 bits per heavy atom. The molecule has 3 aromatic rings. The Morgan fingerprint density at radius 2 is 2.05 bits per heavy atom. The average molecular weight is 317 g/mol. The van der Waals surface area contributed by atoms with Gasteiger partial charge in [-0.05, 0) is 42.5 Å². The van der Waals surface area contributed by atoms with Gasteiger partial charge in [0, 0.05) is 16.3 Å². The third-order valence-corrected chi connectivity index (χ3v) is 5.35. The van der Waals surface area contributed by atoms with E-state index in [0.717, 1.165) is 40.9 Å². The van der Waals surface area contributed by atoms with Crippen molar-refractivity contribution < 1.29 is 0 Å². The molecule has 5 heteroatoms. The number of nitrogens with zero attached hydrogens (tertiary/aromatic N) is 1. The van der Waals surface area contributed by atoms with Crippen molar-refractivity contribution >= 4 is 33.2 Å². The number of thiophene rings is 1. The highest BCUT2D eigenvalue weighted by atomic mass is 35.5. The van der Waals surface area contributed by atoms with E-state index in [0.29, 0.717) is 11.4 Å². The lowest BCUT2D eigenvalue weighted by Gasteiger charge is -2.02. The summed E-state index contributed by atoms with van der Waals surface area (Å²) in [5, 5.41) is 1.53. The SMILES string of the molecule is O=c1[nH]c(Cc2ccc(Cl)cc2)nc2sc3c(c12)CCC3. The first-order valence-corrected chi connectivity index (χ1v) is 8.18. The smallest absolute Gasteiger partial charge is 0.259 e. The molecule has 2 aromatic heterocycles. The topological polar surface area (TPSA) is 45.8 Å². The lowest BCUT2D eigenvalue weighted by atomic mass is 10.1. The summed E-state index contributed by atoms with van der Waals surface area (Å²) in [6.07, 6.45) is 3.87. The van der Waals surface area contributed by atoms with Crippen LogP contribution in [0.15, 0.2) is 29.1 Å². The lowest BCUT2D eigenvalue weighted by molar-refractivity contribution is 0.914. The molecule has 0 atom stereocenters. The molecule has 106 valence electrons. The second kappa shape index (κ2) is 4.97. The number of benzene rings is 1. The van der Waals surface area contributed by atoms with Crippen LogP contribution in [0.3, 0.4) is 0 Å². The third-order valence-electron chi connectivity index (χ3n) is 3.91. The van der Waals surface area contributed by atoms with Crippen molar-refractivity contribution in [2.24, 2.45) is 0 Å². The van der Waals surface area contributed by atoms with Gasteiger partial charge in [0.05, 0.1) is 5.39 Å². The molecule has 0 bridgehead atoms. The van der Waals surface area contributed by atoms with E-state index in [2.05, 4.69) is 9.97 Å². The molecule has 2 heterocycles. The predicted molar refractivity (Wildman–Crippen MR) is 86.5 cm³/mol. The van der Waals surface area contributed by atoms with Crippen LogP contribution in [-0.4, -0.2) is 9.97 Å². The van der Waals surface area contributed by atoms with E-state index in [1.54, 1.807) is 11.3 Å². The zero-order valence-electron chi connectivity index (χ0n) is 11.3. The largest absolute Gasteiger partial charge is 0.310 e. The Morgan fingerprint density at radius 1 is 1.24 bits per heavy atom. The monoisotopic (exact) mass is 316 g/mol. The van der Waals surface area contributed by atoms with Gasteiger partial charge in [-0.2, -0.15) is 0 Å². The van der Waals surface area contributed by atoms with Crippen LogP contribution in [0.1, 0.15) is 28.2 Å². The Kier molecular flexibility index (Phi) is 3.08. The number of halogens is 1. The number of rotatable bonds is 2. The van der Waals surface area contributed by atoms with Gasteiger partial charge in [0.2, 0.25) is 0 Å². The number of fused-ring (bicyclic) bond motifs is 3. The summed E-state index contributed by atoms with van der Waals surface area (Å²) in [7, 11) is 0. The number of H-pyrrole nitrogens is 1. The summed E-state index contributed by atoms with van der Waals surface area (Å²) in [5.41, 5.74) is 2.32. The highest BCUT2D eigenvalue weighted by Crippen LogP contribution is 2.34. The zero-order valence-corrected chi connectivity index (χ0v) is 12.9. The molecule has 0 amide bonds. The molecule has 0 fully saturated rings. The van der Waals surface area contributed by atoms with Crippen LogP contribution >= 0.6 is 22.9 Å². The van der Waals surface area contributed by atoms with Gasteiger partial charge in [-0.15, -0.1) is 11.3 Å². The number of aromatic nitrogens is 2. The predicted octanol–water partition coefficient (Wildman–Crippen LogP) is 3.72. The molecule has 4 rings (SSSR count). The molecule has 0 saturated carbocycles. The first-order valence-electron chi connectivity index (χ1n) is 6.98. The minimum absolute atomic E-state index is 0.00311. The van der Waals surface area contributed by atoms with E-state index in [1.165, 1.54) is 10.4 Å². The van der Waals surface area contributed by atoms with Crippen LogP contribution in [0.2, 0.25) is 5.02 Å². The molecule has 1 aliphatic rings. The standard InChI is InChI=1S/C16H13ClN2OS/c17-10-6-4-9(5-7-10)8-13-18-15(20)14-11-2-1-3-12(11)21-16(14)19-13/h4-7H,1-3,8H2,(H,18,19,20). The summed E-state index contributed by atoms with van der Waals surface area (Å²) in [6.45, 7) is 0. The quantitative estimate of drug-likeness (QED) is 0.783. The summed E-state index contributed by atoms with van der Waals surface area (Å²) >= 11 is 7.56. The summed E-state index contributed by atoms with van der Waals surface area (Å²) in [5.74, 6) is 0.717. The fourth-order valence-electron chi connectivity index (χ4n) is 2.93. The van der Waals surface area contributed by atoms with Gasteiger partial charge in [0.1, 0.15) is 10.7 Å². The van der Waals surface area contributed by atoms with Crippen molar-refractivity contribution in [2.75, 3.05) is 0 Å². The van der Waals surface area contributed by atoms with Gasteiger partial charge in [-0.3, -0.25) is 4.79 Å². The van der Waals surface area contributed by atoms with Crippen LogP contribution in [0.4, 0.5) is 0 Å². The van der Waals surface area contributed by atoms with E-state index in [1.807, 2.05) is 24.3 Å². The van der Waals surface area contributed by atoms with Crippen LogP contribution < -0.4 is 5.56 Å². The highest BCUT2D eigenvalue weighted by Gasteiger charge is 2.20. The van der Waals surface area contributed by atoms with Crippen molar-refractivity contribution in [3.05, 3.63) is 61.5 Å². The average Bonchev–Trinajstić information content (AvgIpc) is 3.01. The molecule has 0 unspecified atom stereocenters. The molecule has 0 aliphatic heterocycles. The maximum atomic E-state index is 12.4. The fourth-order valence-corrected chi connectivity index (χ4v) is 4.33. The number of hydrogen-bond donors (Lipinski definition) is 1. The molecule has 1 aliphatic carbocycles. The summed E-state index contributed by atoms with van der Waals surface area (Å²) < 4.78 is 0. The van der Waals surface area contributed by atoms with Crippen molar-refractivity contribution in [2.45, 2.75) is 25.7 Å². The second-order valence-corrected chi connectivity index (χ2v) is 6.87. The van der Waals surface area contributed by atoms with Gasteiger partial charge in [0.25, 0.3) is 5.56 Å². The van der Waals surface area contributed by atoms with E-state index in [4.69, 9.17) is 11.6 Å². The van der Waals surface area contributed by atoms with Crippen molar-refractivity contribution in [1.82, 2.24) is 9.97 Å². The molecule has 3 nitrogen and oxygen atoms in total. The first-order chi connectivity index (χ1) is 10.2. The lowest BCUT2D eigenvalue weighted by Crippen LogP contribution is -2.12. The van der Waals surface area contributed by atoms with Crippen LogP contribution in [0, 0.1) is 0 Å². The zero-order chi connectivity index (χ0) is 14.4. The van der Waals surface area contributed by atoms with Gasteiger partial charge < -0.3 is 4.98 Å². The second-order valence-electron chi connectivity index (χ2n) is 5.35. The molecule has 0 saturated heterocycles. The van der Waals surface area contributed by atoms with E-state index in [9.17, 15) is 4.79 Å². The Bertz CT molecular complexity index is 880. The first kappa shape index (κ1) is 13.0. The fraction of sp³-hybridized carbons (Fsp3) is 0.250. The maximum Gasteiger partial charge on any atom is 0.259 e. The minimum atomic E-state index is 0.00311. The van der Waals surface area contributed by atoms with Crippen molar-refractivity contribution in [1.29, 1.82) is 0 Å². The molecular formula is C16H13ClN2OS. The van der Waals surface area contributed by atoms with Crippen molar-refractivity contribution in [3.63, 3.8) is 0 Å². The Hall–Kier alpha value is -1.65. The van der Waals surface area contributed by atoms with Gasteiger partial charge in [-0.1, -0.05) is 23.7 Å². The highest BCUT2D eigenvalue weighted by molar-refractivity contribution is 7.18. The molecule has 0 radical (unpaired) electrons. The Balaban J connectivity index is 1.77. The van der Waals surface area contributed by atoms with E-state index >= 15 is 0 Å². The van der Waals surface area contributed by atoms with Gasteiger partial charge in [-0.25, -0.2) is 4.98 Å². The molecular weight excluding hydrogens is 304 g/mol. The summed E-state index contributed by atoms with van der Waals surface area (Å²) in [4.78, 5) is 22.2. The third kappa shape index (κ3) is 2.28. The van der Waals surface area contributed by atoms with E-state index < -0.39 is 0 Å². The summed E-state index contributed by atoms with van der Waals surface area (Å²) in [6, 6.07) is 7.63. The number of aromatic amines is 1. The molecule has 0 spiro atoms. The maximum absolute atomic E-state index is 12.4.